The van der Waals surface area contributed by atoms with Crippen molar-refractivity contribution < 1.29 is 4.79 Å². The van der Waals surface area contributed by atoms with E-state index < -0.39 is 0 Å². The molecule has 4 rings (SSSR count). The highest BCUT2D eigenvalue weighted by Gasteiger charge is 2.20. The summed E-state index contributed by atoms with van der Waals surface area (Å²) in [6.45, 7) is 14.9. The summed E-state index contributed by atoms with van der Waals surface area (Å²) in [4.78, 5) is 25.7. The number of fused-ring (bicyclic) bond motifs is 1. The third-order valence-corrected chi connectivity index (χ3v) is 8.18. The molecule has 2 heterocycles. The van der Waals surface area contributed by atoms with Crippen molar-refractivity contribution in [1.82, 2.24) is 19.4 Å². The lowest BCUT2D eigenvalue weighted by atomic mass is 10.1. The van der Waals surface area contributed by atoms with E-state index in [2.05, 4.69) is 91.4 Å². The molecule has 1 aliphatic heterocycles. The number of amides is 1. The molecule has 0 bridgehead atoms. The second kappa shape index (κ2) is 14.2. The molecule has 6 nitrogen and oxygen atoms in total. The highest BCUT2D eigenvalue weighted by molar-refractivity contribution is 5.98. The molecule has 1 fully saturated rings. The normalized spacial score (nSPS) is 14.4. The van der Waals surface area contributed by atoms with Crippen molar-refractivity contribution in [3.05, 3.63) is 48.0 Å². The molecule has 0 unspecified atom stereocenters. The van der Waals surface area contributed by atoms with Gasteiger partial charge in [0.2, 0.25) is 0 Å². The standard InChI is InChI=1S/C34H51N5O/c1-26(2)17-23-38(24-18-27(3)4)34(40)29-13-16-31-32(25-29)39(22-10-21-37-19-8-7-9-20-37)33(35-31)28-11-14-30(15-12-28)36(5)6/h11-16,25-27H,7-10,17-24H2,1-6H3. The van der Waals surface area contributed by atoms with Crippen LogP contribution in [-0.2, 0) is 6.54 Å². The SMILES string of the molecule is CC(C)CCN(CCC(C)C)C(=O)c1ccc2nc(-c3ccc(N(C)C)cc3)n(CCCN3CCCCC3)c2c1. The molecule has 1 aliphatic rings. The van der Waals surface area contributed by atoms with E-state index in [1.165, 1.54) is 38.0 Å². The Bertz CT molecular complexity index is 1210. The maximum atomic E-state index is 13.8. The number of hydrogen-bond acceptors (Lipinski definition) is 4. The van der Waals surface area contributed by atoms with Crippen LogP contribution < -0.4 is 4.90 Å². The van der Waals surface area contributed by atoms with Crippen molar-refractivity contribution >= 4 is 22.6 Å². The highest BCUT2D eigenvalue weighted by atomic mass is 16.2. The minimum absolute atomic E-state index is 0.140. The number of likely N-dealkylation sites (tertiary alicyclic amines) is 1. The smallest absolute Gasteiger partial charge is 0.253 e. The summed E-state index contributed by atoms with van der Waals surface area (Å²) in [6, 6.07) is 14.8. The van der Waals surface area contributed by atoms with Gasteiger partial charge in [-0.2, -0.15) is 0 Å². The first-order chi connectivity index (χ1) is 19.2. The van der Waals surface area contributed by atoms with E-state index in [1.807, 2.05) is 12.1 Å². The molecule has 1 saturated heterocycles. The zero-order valence-electron chi connectivity index (χ0n) is 25.8. The highest BCUT2D eigenvalue weighted by Crippen LogP contribution is 2.28. The summed E-state index contributed by atoms with van der Waals surface area (Å²) in [5, 5.41) is 0. The number of anilines is 1. The van der Waals surface area contributed by atoms with E-state index in [-0.39, 0.29) is 5.91 Å². The monoisotopic (exact) mass is 545 g/mol. The van der Waals surface area contributed by atoms with Gasteiger partial charge in [0.1, 0.15) is 5.82 Å². The lowest BCUT2D eigenvalue weighted by Crippen LogP contribution is -2.34. The van der Waals surface area contributed by atoms with Gasteiger partial charge in [0.25, 0.3) is 5.91 Å². The molecule has 0 radical (unpaired) electrons. The van der Waals surface area contributed by atoms with E-state index in [4.69, 9.17) is 4.98 Å². The van der Waals surface area contributed by atoms with E-state index in [9.17, 15) is 4.79 Å². The summed E-state index contributed by atoms with van der Waals surface area (Å²) in [5.74, 6) is 2.26. The Kier molecular flexibility index (Phi) is 10.7. The van der Waals surface area contributed by atoms with Gasteiger partial charge < -0.3 is 19.3 Å². The van der Waals surface area contributed by atoms with Crippen molar-refractivity contribution in [2.45, 2.75) is 72.8 Å². The first-order valence-corrected chi connectivity index (χ1v) is 15.5. The van der Waals surface area contributed by atoms with Gasteiger partial charge in [0.15, 0.2) is 0 Å². The van der Waals surface area contributed by atoms with Gasteiger partial charge in [0, 0.05) is 50.5 Å². The van der Waals surface area contributed by atoms with Crippen molar-refractivity contribution in [3.8, 4) is 11.4 Å². The van der Waals surface area contributed by atoms with Gasteiger partial charge in [-0.3, -0.25) is 4.79 Å². The number of piperidine rings is 1. The molecular weight excluding hydrogens is 494 g/mol. The average Bonchev–Trinajstić information content (AvgIpc) is 3.31. The molecule has 0 N–H and O–H groups in total. The van der Waals surface area contributed by atoms with Gasteiger partial charge >= 0.3 is 0 Å². The lowest BCUT2D eigenvalue weighted by Gasteiger charge is -2.26. The molecule has 0 spiro atoms. The van der Waals surface area contributed by atoms with Crippen molar-refractivity contribution in [1.29, 1.82) is 0 Å². The Hall–Kier alpha value is -2.86. The fourth-order valence-electron chi connectivity index (χ4n) is 5.57. The predicted octanol–water partition coefficient (Wildman–Crippen LogP) is 7.18. The van der Waals surface area contributed by atoms with Gasteiger partial charge in [-0.05, 0) is 106 Å². The van der Waals surface area contributed by atoms with E-state index >= 15 is 0 Å². The van der Waals surface area contributed by atoms with Crippen molar-refractivity contribution in [3.63, 3.8) is 0 Å². The summed E-state index contributed by atoms with van der Waals surface area (Å²) in [6.07, 6.45) is 7.10. The fraction of sp³-hybridized carbons (Fsp3) is 0.588. The third kappa shape index (κ3) is 7.87. The molecule has 0 aliphatic carbocycles. The Morgan fingerprint density at radius 1 is 0.875 bits per heavy atom. The van der Waals surface area contributed by atoms with Crippen LogP contribution in [0.25, 0.3) is 22.4 Å². The number of carbonyl (C=O) groups is 1. The van der Waals surface area contributed by atoms with Gasteiger partial charge in [-0.15, -0.1) is 0 Å². The minimum Gasteiger partial charge on any atom is -0.378 e. The topological polar surface area (TPSA) is 44.6 Å². The van der Waals surface area contributed by atoms with E-state index in [0.717, 1.165) is 73.4 Å². The van der Waals surface area contributed by atoms with E-state index in [1.54, 1.807) is 0 Å². The molecular formula is C34H51N5O. The van der Waals surface area contributed by atoms with Crippen LogP contribution in [0.4, 0.5) is 5.69 Å². The third-order valence-electron chi connectivity index (χ3n) is 8.18. The number of nitrogens with zero attached hydrogens (tertiary/aromatic N) is 5. The molecule has 0 atom stereocenters. The van der Waals surface area contributed by atoms with Crippen LogP contribution in [0, 0.1) is 11.8 Å². The maximum absolute atomic E-state index is 13.8. The van der Waals surface area contributed by atoms with Crippen LogP contribution in [0.5, 0.6) is 0 Å². The Labute approximate surface area is 242 Å². The second-order valence-corrected chi connectivity index (χ2v) is 12.6. The number of aromatic nitrogens is 2. The largest absolute Gasteiger partial charge is 0.378 e. The number of benzene rings is 2. The lowest BCUT2D eigenvalue weighted by molar-refractivity contribution is 0.0741. The van der Waals surface area contributed by atoms with Crippen LogP contribution in [0.1, 0.15) is 76.6 Å². The summed E-state index contributed by atoms with van der Waals surface area (Å²) in [7, 11) is 4.13. The zero-order valence-corrected chi connectivity index (χ0v) is 25.8. The quantitative estimate of drug-likeness (QED) is 0.228. The van der Waals surface area contributed by atoms with Crippen LogP contribution >= 0.6 is 0 Å². The zero-order chi connectivity index (χ0) is 28.6. The number of imidazole rings is 1. The maximum Gasteiger partial charge on any atom is 0.253 e. The Morgan fingerprint density at radius 2 is 1.52 bits per heavy atom. The molecule has 2 aromatic carbocycles. The molecule has 1 aromatic heterocycles. The van der Waals surface area contributed by atoms with Crippen LogP contribution in [0.15, 0.2) is 42.5 Å². The van der Waals surface area contributed by atoms with Gasteiger partial charge in [-0.25, -0.2) is 4.98 Å². The predicted molar refractivity (Wildman–Crippen MR) is 169 cm³/mol. The van der Waals surface area contributed by atoms with Crippen LogP contribution in [0.3, 0.4) is 0 Å². The van der Waals surface area contributed by atoms with Crippen molar-refractivity contribution in [2.75, 3.05) is 51.7 Å². The minimum atomic E-state index is 0.140. The van der Waals surface area contributed by atoms with Crippen molar-refractivity contribution in [2.24, 2.45) is 11.8 Å². The van der Waals surface area contributed by atoms with E-state index in [0.29, 0.717) is 11.8 Å². The van der Waals surface area contributed by atoms with Gasteiger partial charge in [0.05, 0.1) is 11.0 Å². The fourth-order valence-corrected chi connectivity index (χ4v) is 5.57. The Balaban J connectivity index is 1.65. The first-order valence-electron chi connectivity index (χ1n) is 15.5. The summed E-state index contributed by atoms with van der Waals surface area (Å²) in [5.41, 5.74) is 5.07. The molecule has 0 saturated carbocycles. The molecule has 6 heteroatoms. The molecule has 218 valence electrons. The number of hydrogen-bond donors (Lipinski definition) is 0. The second-order valence-electron chi connectivity index (χ2n) is 12.6. The number of carbonyl (C=O) groups excluding carboxylic acids is 1. The Morgan fingerprint density at radius 3 is 2.12 bits per heavy atom. The number of rotatable bonds is 13. The summed E-state index contributed by atoms with van der Waals surface area (Å²) < 4.78 is 2.35. The number of aryl methyl sites for hydroxylation is 1. The average molecular weight is 546 g/mol. The van der Waals surface area contributed by atoms with Crippen LogP contribution in [-0.4, -0.2) is 72.1 Å². The molecule has 40 heavy (non-hydrogen) atoms. The van der Waals surface area contributed by atoms with Crippen LogP contribution in [0.2, 0.25) is 0 Å². The summed E-state index contributed by atoms with van der Waals surface area (Å²) >= 11 is 0. The molecule has 1 amide bonds. The van der Waals surface area contributed by atoms with Gasteiger partial charge in [-0.1, -0.05) is 34.1 Å². The molecule has 3 aromatic rings. The first kappa shape index (κ1) is 30.1.